The second-order valence-electron chi connectivity index (χ2n) is 5.14. The molecule has 0 amide bonds. The molecule has 1 atom stereocenters. The van der Waals surface area contributed by atoms with E-state index in [0.29, 0.717) is 0 Å². The Bertz CT molecular complexity index is 355. The summed E-state index contributed by atoms with van der Waals surface area (Å²) < 4.78 is 6.98. The van der Waals surface area contributed by atoms with E-state index in [4.69, 9.17) is 4.74 Å². The zero-order chi connectivity index (χ0) is 11.6. The van der Waals surface area contributed by atoms with Gasteiger partial charge in [0.15, 0.2) is 0 Å². The summed E-state index contributed by atoms with van der Waals surface area (Å²) in [4.78, 5) is 0. The van der Waals surface area contributed by atoms with Gasteiger partial charge in [0.05, 0.1) is 6.61 Å². The van der Waals surface area contributed by atoms with Gasteiger partial charge in [-0.3, -0.25) is 5.32 Å². The summed E-state index contributed by atoms with van der Waals surface area (Å²) in [5, 5.41) is 3.44. The molecule has 0 bridgehead atoms. The molecular formula is C13H18BrNO. The van der Waals surface area contributed by atoms with Crippen molar-refractivity contribution in [2.24, 2.45) is 5.41 Å². The molecule has 1 N–H and O–H groups in total. The third-order valence-electron chi connectivity index (χ3n) is 2.85. The van der Waals surface area contributed by atoms with Gasteiger partial charge in [-0.25, -0.2) is 0 Å². The van der Waals surface area contributed by atoms with Gasteiger partial charge in [-0.05, 0) is 11.6 Å². The van der Waals surface area contributed by atoms with E-state index < -0.39 is 0 Å². The van der Waals surface area contributed by atoms with E-state index >= 15 is 0 Å². The van der Waals surface area contributed by atoms with Gasteiger partial charge in [0.25, 0.3) is 0 Å². The Labute approximate surface area is 106 Å². The van der Waals surface area contributed by atoms with Crippen LogP contribution in [0.3, 0.4) is 0 Å². The monoisotopic (exact) mass is 283 g/mol. The highest BCUT2D eigenvalue weighted by atomic mass is 79.9. The van der Waals surface area contributed by atoms with Gasteiger partial charge in [0, 0.05) is 22.9 Å². The number of rotatable bonds is 2. The molecule has 0 radical (unpaired) electrons. The van der Waals surface area contributed by atoms with Crippen LogP contribution in [0.25, 0.3) is 0 Å². The summed E-state index contributed by atoms with van der Waals surface area (Å²) in [7, 11) is 0. The summed E-state index contributed by atoms with van der Waals surface area (Å²) >= 11 is 3.56. The fourth-order valence-corrected chi connectivity index (χ4v) is 2.27. The molecule has 1 aromatic rings. The summed E-state index contributed by atoms with van der Waals surface area (Å²) in [6, 6.07) is 8.30. The van der Waals surface area contributed by atoms with Crippen molar-refractivity contribution in [1.29, 1.82) is 0 Å². The van der Waals surface area contributed by atoms with Crippen LogP contribution in [0.4, 0.5) is 0 Å². The van der Waals surface area contributed by atoms with Crippen molar-refractivity contribution in [3.63, 3.8) is 0 Å². The Morgan fingerprint density at radius 3 is 2.81 bits per heavy atom. The lowest BCUT2D eigenvalue weighted by Crippen LogP contribution is -2.48. The van der Waals surface area contributed by atoms with E-state index in [2.05, 4.69) is 53.3 Å². The van der Waals surface area contributed by atoms with Crippen molar-refractivity contribution in [3.8, 4) is 0 Å². The molecule has 0 aliphatic carbocycles. The van der Waals surface area contributed by atoms with E-state index in [1.165, 1.54) is 5.56 Å². The molecule has 1 aliphatic heterocycles. The Balaban J connectivity index is 1.95. The second-order valence-corrected chi connectivity index (χ2v) is 5.99. The molecule has 2 nitrogen and oxygen atoms in total. The lowest BCUT2D eigenvalue weighted by Gasteiger charge is -2.35. The van der Waals surface area contributed by atoms with Crippen LogP contribution in [-0.4, -0.2) is 19.4 Å². The van der Waals surface area contributed by atoms with Crippen molar-refractivity contribution in [3.05, 3.63) is 34.3 Å². The van der Waals surface area contributed by atoms with E-state index in [-0.39, 0.29) is 11.6 Å². The molecule has 1 fully saturated rings. The number of hydrogen-bond donors (Lipinski definition) is 1. The molecule has 0 spiro atoms. The molecule has 1 aromatic carbocycles. The maximum atomic E-state index is 5.82. The van der Waals surface area contributed by atoms with Crippen molar-refractivity contribution >= 4 is 15.9 Å². The van der Waals surface area contributed by atoms with Crippen LogP contribution in [0.5, 0.6) is 0 Å². The number of hydrogen-bond acceptors (Lipinski definition) is 2. The van der Waals surface area contributed by atoms with Crippen molar-refractivity contribution in [1.82, 2.24) is 5.32 Å². The summed E-state index contributed by atoms with van der Waals surface area (Å²) in [6.45, 7) is 6.28. The highest BCUT2D eigenvalue weighted by Gasteiger charge is 2.27. The molecule has 0 aromatic heterocycles. The zero-order valence-corrected chi connectivity index (χ0v) is 11.4. The normalized spacial score (nSPS) is 24.3. The Kier molecular flexibility index (Phi) is 3.67. The quantitative estimate of drug-likeness (QED) is 0.901. The lowest BCUT2D eigenvalue weighted by atomic mass is 9.93. The first-order chi connectivity index (χ1) is 7.57. The van der Waals surface area contributed by atoms with Gasteiger partial charge in [-0.15, -0.1) is 0 Å². The van der Waals surface area contributed by atoms with Gasteiger partial charge < -0.3 is 4.74 Å². The largest absolute Gasteiger partial charge is 0.362 e. The summed E-state index contributed by atoms with van der Waals surface area (Å²) in [5.41, 5.74) is 1.55. The molecule has 1 aliphatic rings. The molecule has 1 saturated heterocycles. The van der Waals surface area contributed by atoms with Crippen LogP contribution in [0.15, 0.2) is 28.7 Å². The van der Waals surface area contributed by atoms with Crippen LogP contribution in [0, 0.1) is 5.41 Å². The van der Waals surface area contributed by atoms with E-state index in [9.17, 15) is 0 Å². The molecule has 1 unspecified atom stereocenters. The minimum Gasteiger partial charge on any atom is -0.362 e. The van der Waals surface area contributed by atoms with Gasteiger partial charge >= 0.3 is 0 Å². The second kappa shape index (κ2) is 4.86. The summed E-state index contributed by atoms with van der Waals surface area (Å²) in [6.07, 6.45) is 1.06. The minimum atomic E-state index is 0.145. The van der Waals surface area contributed by atoms with Crippen molar-refractivity contribution in [2.75, 3.05) is 13.2 Å². The van der Waals surface area contributed by atoms with Crippen LogP contribution in [0.2, 0.25) is 0 Å². The van der Waals surface area contributed by atoms with Crippen LogP contribution in [0.1, 0.15) is 19.4 Å². The van der Waals surface area contributed by atoms with Crippen LogP contribution >= 0.6 is 15.9 Å². The van der Waals surface area contributed by atoms with Crippen LogP contribution in [-0.2, 0) is 11.2 Å². The van der Waals surface area contributed by atoms with Gasteiger partial charge in [-0.2, -0.15) is 0 Å². The maximum Gasteiger partial charge on any atom is 0.112 e. The Hall–Kier alpha value is -0.380. The van der Waals surface area contributed by atoms with Crippen LogP contribution < -0.4 is 5.32 Å². The van der Waals surface area contributed by atoms with Gasteiger partial charge in [0.2, 0.25) is 0 Å². The fraction of sp³-hybridized carbons (Fsp3) is 0.538. The third kappa shape index (κ3) is 3.06. The molecule has 3 heteroatoms. The smallest absolute Gasteiger partial charge is 0.112 e. The van der Waals surface area contributed by atoms with E-state index in [0.717, 1.165) is 24.0 Å². The SMILES string of the molecule is CC1(C)CNC(Cc2ccccc2Br)OC1. The predicted octanol–water partition coefficient (Wildman–Crippen LogP) is 2.96. The highest BCUT2D eigenvalue weighted by molar-refractivity contribution is 9.10. The van der Waals surface area contributed by atoms with Gasteiger partial charge in [0.1, 0.15) is 6.23 Å². The van der Waals surface area contributed by atoms with Crippen molar-refractivity contribution in [2.45, 2.75) is 26.5 Å². The average molecular weight is 284 g/mol. The van der Waals surface area contributed by atoms with Crippen molar-refractivity contribution < 1.29 is 4.74 Å². The molecular weight excluding hydrogens is 266 g/mol. The highest BCUT2D eigenvalue weighted by Crippen LogP contribution is 2.23. The Morgan fingerprint density at radius 1 is 1.44 bits per heavy atom. The number of halogens is 1. The number of nitrogens with one attached hydrogen (secondary N) is 1. The molecule has 88 valence electrons. The van der Waals surface area contributed by atoms with Gasteiger partial charge in [-0.1, -0.05) is 48.0 Å². The average Bonchev–Trinajstić information content (AvgIpc) is 2.24. The minimum absolute atomic E-state index is 0.145. The topological polar surface area (TPSA) is 21.3 Å². The lowest BCUT2D eigenvalue weighted by molar-refractivity contribution is -0.0567. The summed E-state index contributed by atoms with van der Waals surface area (Å²) in [5.74, 6) is 0. The molecule has 2 rings (SSSR count). The van der Waals surface area contributed by atoms with E-state index in [1.807, 2.05) is 6.07 Å². The number of benzene rings is 1. The maximum absolute atomic E-state index is 5.82. The first kappa shape index (κ1) is 12.1. The zero-order valence-electron chi connectivity index (χ0n) is 9.79. The third-order valence-corrected chi connectivity index (χ3v) is 3.62. The number of ether oxygens (including phenoxy) is 1. The molecule has 16 heavy (non-hydrogen) atoms. The Morgan fingerprint density at radius 2 is 2.19 bits per heavy atom. The first-order valence-electron chi connectivity index (χ1n) is 5.65. The van der Waals surface area contributed by atoms with E-state index in [1.54, 1.807) is 0 Å². The molecule has 1 heterocycles. The fourth-order valence-electron chi connectivity index (χ4n) is 1.82. The molecule has 0 saturated carbocycles. The first-order valence-corrected chi connectivity index (χ1v) is 6.44. The standard InChI is InChI=1S/C13H18BrNO/c1-13(2)8-15-12(16-9-13)7-10-5-3-4-6-11(10)14/h3-6,12,15H,7-9H2,1-2H3. The predicted molar refractivity (Wildman–Crippen MR) is 69.4 cm³/mol.